The first-order chi connectivity index (χ1) is 15.6. The lowest BCUT2D eigenvalue weighted by molar-refractivity contribution is -0.149. The highest BCUT2D eigenvalue weighted by Gasteiger charge is 2.29. The van der Waals surface area contributed by atoms with Gasteiger partial charge >= 0.3 is 12.0 Å². The van der Waals surface area contributed by atoms with Crippen LogP contribution in [0.5, 0.6) is 0 Å². The molecule has 2 heterocycles. The maximum atomic E-state index is 12.8. The normalized spacial score (nSPS) is 22.0. The number of aromatic nitrogens is 3. The van der Waals surface area contributed by atoms with Crippen LogP contribution in [0.15, 0.2) is 29.1 Å². The maximum Gasteiger partial charge on any atom is 0.317 e. The molecule has 2 amide bonds. The Bertz CT molecular complexity index is 1010. The lowest BCUT2D eigenvalue weighted by atomic mass is 9.82. The zero-order valence-electron chi connectivity index (χ0n) is 18.5. The molecule has 1 aromatic heterocycles. The van der Waals surface area contributed by atoms with Gasteiger partial charge in [0.2, 0.25) is 0 Å². The van der Waals surface area contributed by atoms with Crippen molar-refractivity contribution >= 4 is 22.9 Å². The van der Waals surface area contributed by atoms with Gasteiger partial charge in [-0.1, -0.05) is 17.3 Å². The van der Waals surface area contributed by atoms with Crippen LogP contribution in [-0.4, -0.2) is 58.1 Å². The summed E-state index contributed by atoms with van der Waals surface area (Å²) >= 11 is 0. The largest absolute Gasteiger partial charge is 0.466 e. The van der Waals surface area contributed by atoms with E-state index in [1.54, 1.807) is 17.0 Å². The van der Waals surface area contributed by atoms with E-state index in [-0.39, 0.29) is 29.5 Å². The van der Waals surface area contributed by atoms with Gasteiger partial charge in [-0.05, 0) is 63.5 Å². The number of piperidine rings is 1. The van der Waals surface area contributed by atoms with Gasteiger partial charge in [0.25, 0.3) is 5.56 Å². The molecule has 1 saturated carbocycles. The number of esters is 1. The predicted molar refractivity (Wildman–Crippen MR) is 119 cm³/mol. The second kappa shape index (κ2) is 10.1. The lowest BCUT2D eigenvalue weighted by Gasteiger charge is -2.33. The van der Waals surface area contributed by atoms with Gasteiger partial charge in [0.05, 0.1) is 24.0 Å². The highest BCUT2D eigenvalue weighted by atomic mass is 16.5. The van der Waals surface area contributed by atoms with Crippen LogP contribution in [-0.2, 0) is 9.53 Å². The van der Waals surface area contributed by atoms with Gasteiger partial charge in [-0.2, -0.15) is 0 Å². The SMILES string of the molecule is CCOC(=O)C1CCC(CNC(=O)N2CCC(n3nnc4ccccc4c3=O)CC2)CC1. The standard InChI is InChI=1S/C23H31N5O4/c1-2-32-22(30)17-9-7-16(8-10-17)15-24-23(31)27-13-11-18(12-14-27)28-21(29)19-5-3-4-6-20(19)25-26-28/h3-6,16-18H,2,7-15H2,1H3,(H,24,31). The van der Waals surface area contributed by atoms with Gasteiger partial charge in [0, 0.05) is 19.6 Å². The molecule has 1 N–H and O–H groups in total. The topological polar surface area (TPSA) is 106 Å². The van der Waals surface area contributed by atoms with E-state index in [2.05, 4.69) is 15.6 Å². The fourth-order valence-electron chi connectivity index (χ4n) is 4.76. The molecule has 32 heavy (non-hydrogen) atoms. The highest BCUT2D eigenvalue weighted by Crippen LogP contribution is 2.29. The molecule has 0 radical (unpaired) electrons. The summed E-state index contributed by atoms with van der Waals surface area (Å²) in [5.41, 5.74) is 0.471. The number of ether oxygens (including phenoxy) is 1. The van der Waals surface area contributed by atoms with Gasteiger partial charge in [-0.15, -0.1) is 5.10 Å². The van der Waals surface area contributed by atoms with E-state index in [1.165, 1.54) is 4.68 Å². The predicted octanol–water partition coefficient (Wildman–Crippen LogP) is 2.51. The Morgan fingerprint density at radius 1 is 1.09 bits per heavy atom. The van der Waals surface area contributed by atoms with Crippen molar-refractivity contribution in [1.29, 1.82) is 0 Å². The first-order valence-corrected chi connectivity index (χ1v) is 11.6. The van der Waals surface area contributed by atoms with E-state index in [4.69, 9.17) is 4.74 Å². The van der Waals surface area contributed by atoms with Crippen molar-refractivity contribution in [3.8, 4) is 0 Å². The molecule has 0 atom stereocenters. The molecular formula is C23H31N5O4. The van der Waals surface area contributed by atoms with Crippen molar-refractivity contribution < 1.29 is 14.3 Å². The van der Waals surface area contributed by atoms with Crippen molar-refractivity contribution in [1.82, 2.24) is 25.2 Å². The lowest BCUT2D eigenvalue weighted by Crippen LogP contribution is -2.47. The van der Waals surface area contributed by atoms with Gasteiger partial charge in [0.15, 0.2) is 0 Å². The van der Waals surface area contributed by atoms with Crippen molar-refractivity contribution in [2.45, 2.75) is 51.5 Å². The molecule has 1 aliphatic heterocycles. The van der Waals surface area contributed by atoms with Crippen molar-refractivity contribution in [3.63, 3.8) is 0 Å². The number of rotatable bonds is 5. The summed E-state index contributed by atoms with van der Waals surface area (Å²) in [4.78, 5) is 39.1. The van der Waals surface area contributed by atoms with E-state index in [1.807, 2.05) is 19.1 Å². The molecule has 2 fully saturated rings. The number of hydrogen-bond donors (Lipinski definition) is 1. The summed E-state index contributed by atoms with van der Waals surface area (Å²) in [6.07, 6.45) is 4.85. The van der Waals surface area contributed by atoms with E-state index >= 15 is 0 Å². The smallest absolute Gasteiger partial charge is 0.317 e. The minimum atomic E-state index is -0.128. The van der Waals surface area contributed by atoms with E-state index < -0.39 is 0 Å². The Morgan fingerprint density at radius 3 is 2.53 bits per heavy atom. The summed E-state index contributed by atoms with van der Waals surface area (Å²) in [6.45, 7) is 4.03. The quantitative estimate of drug-likeness (QED) is 0.715. The zero-order chi connectivity index (χ0) is 22.5. The molecule has 9 heteroatoms. The number of nitrogens with one attached hydrogen (secondary N) is 1. The fraction of sp³-hybridized carbons (Fsp3) is 0.609. The van der Waals surface area contributed by atoms with Gasteiger partial charge in [0.1, 0.15) is 5.52 Å². The fourth-order valence-corrected chi connectivity index (χ4v) is 4.76. The van der Waals surface area contributed by atoms with Crippen molar-refractivity contribution in [2.75, 3.05) is 26.2 Å². The summed E-state index contributed by atoms with van der Waals surface area (Å²) in [5.74, 6) is 0.309. The van der Waals surface area contributed by atoms with E-state index in [0.29, 0.717) is 55.9 Å². The summed E-state index contributed by atoms with van der Waals surface area (Å²) < 4.78 is 6.59. The van der Waals surface area contributed by atoms with Crippen molar-refractivity contribution in [3.05, 3.63) is 34.6 Å². The zero-order valence-corrected chi connectivity index (χ0v) is 18.5. The molecular weight excluding hydrogens is 410 g/mol. The van der Waals surface area contributed by atoms with Crippen LogP contribution in [0.3, 0.4) is 0 Å². The van der Waals surface area contributed by atoms with Crippen LogP contribution >= 0.6 is 0 Å². The number of nitrogens with zero attached hydrogens (tertiary/aromatic N) is 4. The number of carbonyl (C=O) groups is 2. The highest BCUT2D eigenvalue weighted by molar-refractivity contribution is 5.76. The van der Waals surface area contributed by atoms with Crippen LogP contribution in [0.25, 0.3) is 10.9 Å². The molecule has 0 bridgehead atoms. The average Bonchev–Trinajstić information content (AvgIpc) is 2.83. The second-order valence-electron chi connectivity index (χ2n) is 8.73. The third kappa shape index (κ3) is 4.92. The molecule has 2 aromatic rings. The number of urea groups is 1. The van der Waals surface area contributed by atoms with Crippen LogP contribution in [0.2, 0.25) is 0 Å². The minimum Gasteiger partial charge on any atom is -0.466 e. The number of hydrogen-bond acceptors (Lipinski definition) is 6. The number of fused-ring (bicyclic) bond motifs is 1. The molecule has 0 spiro atoms. The molecule has 4 rings (SSSR count). The molecule has 0 unspecified atom stereocenters. The van der Waals surface area contributed by atoms with Gasteiger partial charge in [-0.3, -0.25) is 9.59 Å². The van der Waals surface area contributed by atoms with Crippen LogP contribution < -0.4 is 10.9 Å². The molecule has 1 saturated heterocycles. The molecule has 2 aliphatic rings. The number of benzene rings is 1. The van der Waals surface area contributed by atoms with Crippen LogP contribution in [0.4, 0.5) is 4.79 Å². The Labute approximate surface area is 187 Å². The maximum absolute atomic E-state index is 12.8. The third-order valence-electron chi connectivity index (χ3n) is 6.70. The monoisotopic (exact) mass is 441 g/mol. The Hall–Kier alpha value is -2.97. The number of likely N-dealkylation sites (tertiary alicyclic amines) is 1. The molecule has 9 nitrogen and oxygen atoms in total. The first-order valence-electron chi connectivity index (χ1n) is 11.6. The van der Waals surface area contributed by atoms with Crippen LogP contribution in [0, 0.1) is 11.8 Å². The van der Waals surface area contributed by atoms with E-state index in [9.17, 15) is 14.4 Å². The summed E-state index contributed by atoms with van der Waals surface area (Å²) in [5, 5.41) is 11.9. The molecule has 172 valence electrons. The Balaban J connectivity index is 1.24. The summed E-state index contributed by atoms with van der Waals surface area (Å²) in [7, 11) is 0. The Kier molecular flexibility index (Phi) is 7.02. The second-order valence-corrected chi connectivity index (χ2v) is 8.73. The molecule has 1 aliphatic carbocycles. The van der Waals surface area contributed by atoms with Crippen molar-refractivity contribution in [2.24, 2.45) is 11.8 Å². The number of carbonyl (C=O) groups excluding carboxylic acids is 2. The van der Waals surface area contributed by atoms with Gasteiger partial charge in [-0.25, -0.2) is 9.48 Å². The third-order valence-corrected chi connectivity index (χ3v) is 6.70. The average molecular weight is 442 g/mol. The molecule has 1 aromatic carbocycles. The van der Waals surface area contributed by atoms with E-state index in [0.717, 1.165) is 25.7 Å². The number of amides is 2. The Morgan fingerprint density at radius 2 is 1.81 bits per heavy atom. The van der Waals surface area contributed by atoms with Gasteiger partial charge < -0.3 is 15.0 Å². The summed E-state index contributed by atoms with van der Waals surface area (Å²) in [6, 6.07) is 7.10. The first kappa shape index (κ1) is 22.2. The minimum absolute atomic E-state index is 0.00235. The van der Waals surface area contributed by atoms with Crippen LogP contribution in [0.1, 0.15) is 51.5 Å².